The van der Waals surface area contributed by atoms with E-state index < -0.39 is 5.82 Å². The van der Waals surface area contributed by atoms with Crippen LogP contribution >= 0.6 is 0 Å². The Morgan fingerprint density at radius 1 is 1.56 bits per heavy atom. The molecule has 1 heterocycles. The molecule has 0 aliphatic carbocycles. The number of hydrogen-bond acceptors (Lipinski definition) is 3. The average molecular weight is 225 g/mol. The second kappa shape index (κ2) is 4.70. The van der Waals surface area contributed by atoms with Crippen LogP contribution in [0.5, 0.6) is 5.75 Å². The van der Waals surface area contributed by atoms with Crippen LogP contribution in [0.25, 0.3) is 0 Å². The first-order valence-electron chi connectivity index (χ1n) is 5.43. The maximum Gasteiger partial charge on any atom is 0.167 e. The molecule has 1 unspecified atom stereocenters. The maximum atomic E-state index is 13.5. The van der Waals surface area contributed by atoms with Crippen LogP contribution in [-0.2, 0) is 4.74 Å². The average Bonchev–Trinajstić information content (AvgIpc) is 2.74. The van der Waals surface area contributed by atoms with Crippen molar-refractivity contribution in [3.8, 4) is 5.75 Å². The second-order valence-electron chi connectivity index (χ2n) is 4.18. The largest absolute Gasteiger partial charge is 0.490 e. The maximum absolute atomic E-state index is 13.5. The van der Waals surface area contributed by atoms with Crippen molar-refractivity contribution < 1.29 is 13.9 Å². The van der Waals surface area contributed by atoms with Gasteiger partial charge in [0.25, 0.3) is 0 Å². The highest BCUT2D eigenvalue weighted by Gasteiger charge is 2.17. The molecule has 16 heavy (non-hydrogen) atoms. The minimum absolute atomic E-state index is 0.276. The van der Waals surface area contributed by atoms with Gasteiger partial charge >= 0.3 is 0 Å². The van der Waals surface area contributed by atoms with E-state index in [0.717, 1.165) is 18.6 Å². The van der Waals surface area contributed by atoms with Crippen molar-refractivity contribution in [1.82, 2.24) is 0 Å². The van der Waals surface area contributed by atoms with Gasteiger partial charge < -0.3 is 15.2 Å². The number of ether oxygens (including phenoxy) is 2. The fourth-order valence-electron chi connectivity index (χ4n) is 1.70. The third-order valence-corrected chi connectivity index (χ3v) is 2.82. The molecule has 0 radical (unpaired) electrons. The normalized spacial score (nSPS) is 20.0. The molecule has 88 valence electrons. The minimum atomic E-state index is -0.401. The Balaban J connectivity index is 2.00. The Morgan fingerprint density at radius 2 is 2.38 bits per heavy atom. The first-order valence-corrected chi connectivity index (χ1v) is 5.43. The quantitative estimate of drug-likeness (QED) is 0.801. The summed E-state index contributed by atoms with van der Waals surface area (Å²) in [6, 6.07) is 2.94. The van der Waals surface area contributed by atoms with E-state index in [4.69, 9.17) is 15.2 Å². The van der Waals surface area contributed by atoms with Crippen molar-refractivity contribution >= 4 is 5.69 Å². The van der Waals surface area contributed by atoms with E-state index in [-0.39, 0.29) is 5.75 Å². The lowest BCUT2D eigenvalue weighted by Gasteiger charge is -2.12. The number of hydrogen-bond donors (Lipinski definition) is 1. The molecule has 3 nitrogen and oxygen atoms in total. The SMILES string of the molecule is Cc1cc(OCC2CCOC2)c(F)cc1N. The van der Waals surface area contributed by atoms with Gasteiger partial charge in [-0.2, -0.15) is 0 Å². The zero-order chi connectivity index (χ0) is 11.5. The molecule has 1 saturated heterocycles. The number of nitrogens with two attached hydrogens (primary N) is 1. The summed E-state index contributed by atoms with van der Waals surface area (Å²) in [5.41, 5.74) is 6.88. The fraction of sp³-hybridized carbons (Fsp3) is 0.500. The fourth-order valence-corrected chi connectivity index (χ4v) is 1.70. The van der Waals surface area contributed by atoms with E-state index in [1.165, 1.54) is 6.07 Å². The first-order chi connectivity index (χ1) is 7.66. The van der Waals surface area contributed by atoms with Gasteiger partial charge in [0.2, 0.25) is 0 Å². The van der Waals surface area contributed by atoms with Gasteiger partial charge in [-0.05, 0) is 25.0 Å². The zero-order valence-electron chi connectivity index (χ0n) is 9.33. The van der Waals surface area contributed by atoms with Gasteiger partial charge in [0, 0.05) is 24.3 Å². The molecule has 2 N–H and O–H groups in total. The molecule has 1 aliphatic rings. The smallest absolute Gasteiger partial charge is 0.167 e. The Bertz CT molecular complexity index is 376. The topological polar surface area (TPSA) is 44.5 Å². The summed E-state index contributed by atoms with van der Waals surface area (Å²) < 4.78 is 24.1. The van der Waals surface area contributed by atoms with Gasteiger partial charge in [-0.15, -0.1) is 0 Å². The predicted molar refractivity (Wildman–Crippen MR) is 60.0 cm³/mol. The highest BCUT2D eigenvalue weighted by Crippen LogP contribution is 2.24. The summed E-state index contributed by atoms with van der Waals surface area (Å²) in [7, 11) is 0. The molecule has 0 aromatic heterocycles. The van der Waals surface area contributed by atoms with E-state index in [2.05, 4.69) is 0 Å². The molecule has 1 aromatic carbocycles. The summed E-state index contributed by atoms with van der Waals surface area (Å²) in [6.45, 7) is 3.81. The number of anilines is 1. The number of benzene rings is 1. The van der Waals surface area contributed by atoms with Gasteiger partial charge in [-0.25, -0.2) is 4.39 Å². The molecule has 0 saturated carbocycles. The number of rotatable bonds is 3. The zero-order valence-corrected chi connectivity index (χ0v) is 9.33. The highest BCUT2D eigenvalue weighted by atomic mass is 19.1. The Kier molecular flexibility index (Phi) is 3.29. The Hall–Kier alpha value is -1.29. The van der Waals surface area contributed by atoms with Crippen LogP contribution in [0.3, 0.4) is 0 Å². The van der Waals surface area contributed by atoms with Crippen molar-refractivity contribution in [2.75, 3.05) is 25.6 Å². The van der Waals surface area contributed by atoms with Crippen LogP contribution in [0.4, 0.5) is 10.1 Å². The molecule has 0 bridgehead atoms. The third-order valence-electron chi connectivity index (χ3n) is 2.82. The predicted octanol–water partition coefficient (Wildman–Crippen LogP) is 2.13. The van der Waals surface area contributed by atoms with Crippen molar-refractivity contribution in [3.63, 3.8) is 0 Å². The van der Waals surface area contributed by atoms with Gasteiger partial charge in [-0.1, -0.05) is 0 Å². The van der Waals surface area contributed by atoms with Crippen LogP contribution in [0.1, 0.15) is 12.0 Å². The first kappa shape index (κ1) is 11.2. The highest BCUT2D eigenvalue weighted by molar-refractivity contribution is 5.50. The molecule has 1 fully saturated rings. The van der Waals surface area contributed by atoms with E-state index in [9.17, 15) is 4.39 Å². The Morgan fingerprint density at radius 3 is 3.06 bits per heavy atom. The molecule has 1 aromatic rings. The van der Waals surface area contributed by atoms with Crippen LogP contribution in [0.15, 0.2) is 12.1 Å². The Labute approximate surface area is 94.3 Å². The number of halogens is 1. The van der Waals surface area contributed by atoms with E-state index >= 15 is 0 Å². The number of nitrogen functional groups attached to an aromatic ring is 1. The summed E-state index contributed by atoms with van der Waals surface area (Å²) in [5.74, 6) is 0.248. The summed E-state index contributed by atoms with van der Waals surface area (Å²) in [5, 5.41) is 0. The van der Waals surface area contributed by atoms with Gasteiger partial charge in [0.1, 0.15) is 0 Å². The minimum Gasteiger partial charge on any atom is -0.490 e. The van der Waals surface area contributed by atoms with Gasteiger partial charge in [-0.3, -0.25) is 0 Å². The molecular formula is C12H16FNO2. The molecule has 0 spiro atoms. The lowest BCUT2D eigenvalue weighted by atomic mass is 10.1. The lowest BCUT2D eigenvalue weighted by Crippen LogP contribution is -2.12. The summed E-state index contributed by atoms with van der Waals surface area (Å²) in [6.07, 6.45) is 0.982. The van der Waals surface area contributed by atoms with Crippen molar-refractivity contribution in [2.45, 2.75) is 13.3 Å². The van der Waals surface area contributed by atoms with Gasteiger partial charge in [0.15, 0.2) is 11.6 Å². The monoisotopic (exact) mass is 225 g/mol. The molecule has 1 atom stereocenters. The van der Waals surface area contributed by atoms with Crippen molar-refractivity contribution in [3.05, 3.63) is 23.5 Å². The number of aryl methyl sites for hydroxylation is 1. The molecule has 4 heteroatoms. The van der Waals surface area contributed by atoms with E-state index in [1.807, 2.05) is 6.92 Å². The van der Waals surface area contributed by atoms with Crippen LogP contribution < -0.4 is 10.5 Å². The van der Waals surface area contributed by atoms with Crippen LogP contribution in [0, 0.1) is 18.7 Å². The van der Waals surface area contributed by atoms with Crippen LogP contribution in [-0.4, -0.2) is 19.8 Å². The van der Waals surface area contributed by atoms with E-state index in [0.29, 0.717) is 24.8 Å². The van der Waals surface area contributed by atoms with Gasteiger partial charge in [0.05, 0.1) is 13.2 Å². The molecule has 1 aliphatic heterocycles. The van der Waals surface area contributed by atoms with Crippen molar-refractivity contribution in [2.24, 2.45) is 5.92 Å². The lowest BCUT2D eigenvalue weighted by molar-refractivity contribution is 0.165. The summed E-state index contributed by atoms with van der Waals surface area (Å²) in [4.78, 5) is 0. The molecule has 0 amide bonds. The third kappa shape index (κ3) is 2.44. The molecular weight excluding hydrogens is 209 g/mol. The van der Waals surface area contributed by atoms with Crippen molar-refractivity contribution in [1.29, 1.82) is 0 Å². The molecule has 2 rings (SSSR count). The van der Waals surface area contributed by atoms with E-state index in [1.54, 1.807) is 6.07 Å². The van der Waals surface area contributed by atoms with Crippen LogP contribution in [0.2, 0.25) is 0 Å². The summed E-state index contributed by atoms with van der Waals surface area (Å²) >= 11 is 0. The standard InChI is InChI=1S/C12H16FNO2/c1-8-4-12(10(13)5-11(8)14)16-7-9-2-3-15-6-9/h4-5,9H,2-3,6-7,14H2,1H3. The second-order valence-corrected chi connectivity index (χ2v) is 4.18.